The summed E-state index contributed by atoms with van der Waals surface area (Å²) in [6.07, 6.45) is 1.77. The normalized spacial score (nSPS) is 15.1. The number of piperidine rings is 1. The summed E-state index contributed by atoms with van der Waals surface area (Å²) >= 11 is 0. The van der Waals surface area contributed by atoms with E-state index in [0.29, 0.717) is 25.2 Å². The number of hydrogen-bond donors (Lipinski definition) is 0. The Labute approximate surface area is 188 Å². The van der Waals surface area contributed by atoms with Crippen LogP contribution in [-0.2, 0) is 13.1 Å². The van der Waals surface area contributed by atoms with Gasteiger partial charge in [0, 0.05) is 18.0 Å². The smallest absolute Gasteiger partial charge is 0.346 e. The van der Waals surface area contributed by atoms with Crippen molar-refractivity contribution in [1.82, 2.24) is 19.2 Å². The first kappa shape index (κ1) is 22.0. The molecule has 0 radical (unpaired) electrons. The molecule has 168 valence electrons. The van der Waals surface area contributed by atoms with Crippen LogP contribution in [0.2, 0.25) is 0 Å². The maximum Gasteiger partial charge on any atom is 0.346 e. The number of carbonyl (C=O) groups excluding carboxylic acids is 1. The summed E-state index contributed by atoms with van der Waals surface area (Å²) < 4.78 is 8.54. The van der Waals surface area contributed by atoms with Gasteiger partial charge in [-0.2, -0.15) is 5.10 Å². The average Bonchev–Trinajstić information content (AvgIpc) is 3.15. The van der Waals surface area contributed by atoms with Gasteiger partial charge < -0.3 is 4.74 Å². The second kappa shape index (κ2) is 9.96. The Morgan fingerprint density at radius 3 is 2.38 bits per heavy atom. The van der Waals surface area contributed by atoms with E-state index in [0.717, 1.165) is 43.1 Å². The van der Waals surface area contributed by atoms with Crippen LogP contribution in [0.4, 0.5) is 0 Å². The van der Waals surface area contributed by atoms with E-state index in [9.17, 15) is 9.59 Å². The van der Waals surface area contributed by atoms with Gasteiger partial charge in [-0.25, -0.2) is 9.48 Å². The number of ether oxygens (including phenoxy) is 1. The lowest BCUT2D eigenvalue weighted by Crippen LogP contribution is -2.37. The fraction of sp³-hybridized carbons (Fsp3) is 0.400. The van der Waals surface area contributed by atoms with Crippen LogP contribution in [0.1, 0.15) is 47.4 Å². The molecule has 0 N–H and O–H groups in total. The summed E-state index contributed by atoms with van der Waals surface area (Å²) in [6.45, 7) is 5.12. The Morgan fingerprint density at radius 1 is 1.06 bits per heavy atom. The largest absolute Gasteiger partial charge is 0.497 e. The van der Waals surface area contributed by atoms with Gasteiger partial charge in [0.05, 0.1) is 20.2 Å². The lowest BCUT2D eigenvalue weighted by Gasteiger charge is -2.31. The van der Waals surface area contributed by atoms with Gasteiger partial charge in [-0.1, -0.05) is 30.3 Å². The lowest BCUT2D eigenvalue weighted by molar-refractivity contribution is 0.0908. The highest BCUT2D eigenvalue weighted by Crippen LogP contribution is 2.26. The van der Waals surface area contributed by atoms with Gasteiger partial charge in [0.15, 0.2) is 5.78 Å². The van der Waals surface area contributed by atoms with E-state index in [4.69, 9.17) is 9.84 Å². The quantitative estimate of drug-likeness (QED) is 0.510. The van der Waals surface area contributed by atoms with Gasteiger partial charge in [-0.15, -0.1) is 0 Å². The topological polar surface area (TPSA) is 69.4 Å². The van der Waals surface area contributed by atoms with Crippen molar-refractivity contribution >= 4 is 5.78 Å². The lowest BCUT2D eigenvalue weighted by atomic mass is 9.95. The third-order valence-electron chi connectivity index (χ3n) is 6.17. The van der Waals surface area contributed by atoms with Gasteiger partial charge in [0.1, 0.15) is 11.6 Å². The first-order valence-electron chi connectivity index (χ1n) is 11.2. The Hall–Kier alpha value is -3.19. The number of carbonyl (C=O) groups is 1. The van der Waals surface area contributed by atoms with Crippen LogP contribution in [0.15, 0.2) is 59.4 Å². The van der Waals surface area contributed by atoms with Crippen molar-refractivity contribution in [2.24, 2.45) is 0 Å². The van der Waals surface area contributed by atoms with Crippen molar-refractivity contribution in [3.63, 3.8) is 0 Å². The third-order valence-corrected chi connectivity index (χ3v) is 6.17. The average molecular weight is 435 g/mol. The van der Waals surface area contributed by atoms with E-state index >= 15 is 0 Å². The molecule has 7 heteroatoms. The fourth-order valence-corrected chi connectivity index (χ4v) is 4.34. The summed E-state index contributed by atoms with van der Waals surface area (Å²) in [7, 11) is 1.61. The monoisotopic (exact) mass is 434 g/mol. The molecule has 0 saturated carbocycles. The molecule has 0 spiro atoms. The van der Waals surface area contributed by atoms with Gasteiger partial charge >= 0.3 is 5.69 Å². The summed E-state index contributed by atoms with van der Waals surface area (Å²) in [5.41, 5.74) is 1.71. The van der Waals surface area contributed by atoms with E-state index in [1.165, 1.54) is 0 Å². The van der Waals surface area contributed by atoms with Gasteiger partial charge in [0.25, 0.3) is 0 Å². The minimum Gasteiger partial charge on any atom is -0.497 e. The minimum atomic E-state index is -0.0523. The van der Waals surface area contributed by atoms with Gasteiger partial charge in [0.2, 0.25) is 0 Å². The molecule has 1 fully saturated rings. The van der Waals surface area contributed by atoms with Crippen molar-refractivity contribution in [1.29, 1.82) is 0 Å². The molecule has 1 aliphatic heterocycles. The number of nitrogens with zero attached hydrogens (tertiary/aromatic N) is 4. The zero-order chi connectivity index (χ0) is 22.5. The van der Waals surface area contributed by atoms with Crippen LogP contribution >= 0.6 is 0 Å². The highest BCUT2D eigenvalue weighted by Gasteiger charge is 2.27. The second-order valence-corrected chi connectivity index (χ2v) is 8.23. The van der Waals surface area contributed by atoms with Crippen LogP contribution in [0.5, 0.6) is 5.75 Å². The predicted octanol–water partition coefficient (Wildman–Crippen LogP) is 3.18. The van der Waals surface area contributed by atoms with Crippen molar-refractivity contribution in [3.05, 3.63) is 82.0 Å². The number of aromatic nitrogens is 3. The fourth-order valence-electron chi connectivity index (χ4n) is 4.34. The molecule has 0 bridgehead atoms. The molecule has 0 unspecified atom stereocenters. The molecule has 3 aromatic rings. The maximum absolute atomic E-state index is 12.9. The molecule has 0 atom stereocenters. The van der Waals surface area contributed by atoms with Crippen molar-refractivity contribution in [2.45, 2.75) is 38.8 Å². The molecular weight excluding hydrogens is 404 g/mol. The van der Waals surface area contributed by atoms with Crippen LogP contribution < -0.4 is 10.4 Å². The van der Waals surface area contributed by atoms with Gasteiger partial charge in [-0.05, 0) is 62.7 Å². The SMILES string of the molecule is CCn1c(C2CCN(CC(=O)c3ccc(OC)cc3)CC2)nn(Cc2ccccc2)c1=O. The first-order valence-corrected chi connectivity index (χ1v) is 11.2. The Bertz CT molecular complexity index is 1090. The zero-order valence-corrected chi connectivity index (χ0v) is 18.7. The number of benzene rings is 2. The molecule has 32 heavy (non-hydrogen) atoms. The van der Waals surface area contributed by atoms with E-state index in [2.05, 4.69) is 4.90 Å². The number of likely N-dealkylation sites (tertiary alicyclic amines) is 1. The van der Waals surface area contributed by atoms with Gasteiger partial charge in [-0.3, -0.25) is 14.3 Å². The Kier molecular flexibility index (Phi) is 6.85. The second-order valence-electron chi connectivity index (χ2n) is 8.23. The molecule has 1 aliphatic rings. The molecule has 1 saturated heterocycles. The number of rotatable bonds is 8. The van der Waals surface area contributed by atoms with Crippen molar-refractivity contribution in [2.75, 3.05) is 26.7 Å². The molecule has 0 aliphatic carbocycles. The Morgan fingerprint density at radius 2 is 1.75 bits per heavy atom. The summed E-state index contributed by atoms with van der Waals surface area (Å²) in [5, 5.41) is 4.72. The summed E-state index contributed by atoms with van der Waals surface area (Å²) in [6, 6.07) is 17.2. The van der Waals surface area contributed by atoms with Crippen molar-refractivity contribution < 1.29 is 9.53 Å². The zero-order valence-electron chi connectivity index (χ0n) is 18.7. The summed E-state index contributed by atoms with van der Waals surface area (Å²) in [5.74, 6) is 1.96. The molecular formula is C25H30N4O3. The van der Waals surface area contributed by atoms with E-state index in [1.54, 1.807) is 16.4 Å². The predicted molar refractivity (Wildman–Crippen MR) is 123 cm³/mol. The van der Waals surface area contributed by atoms with E-state index < -0.39 is 0 Å². The van der Waals surface area contributed by atoms with Crippen molar-refractivity contribution in [3.8, 4) is 5.75 Å². The third kappa shape index (κ3) is 4.83. The Balaban J connectivity index is 1.39. The molecule has 1 aromatic heterocycles. The van der Waals surface area contributed by atoms with Crippen LogP contribution in [0.3, 0.4) is 0 Å². The molecule has 7 nitrogen and oxygen atoms in total. The highest BCUT2D eigenvalue weighted by molar-refractivity contribution is 5.97. The number of methoxy groups -OCH3 is 1. The highest BCUT2D eigenvalue weighted by atomic mass is 16.5. The minimum absolute atomic E-state index is 0.0523. The number of ketones is 1. The molecule has 0 amide bonds. The van der Waals surface area contributed by atoms with E-state index in [1.807, 2.05) is 61.5 Å². The van der Waals surface area contributed by atoms with Crippen LogP contribution in [0, 0.1) is 0 Å². The molecule has 2 heterocycles. The standard InChI is InChI=1S/C25H30N4O3/c1-3-28-24(26-29(25(28)31)17-19-7-5-4-6-8-19)21-13-15-27(16-14-21)18-23(30)20-9-11-22(32-2)12-10-20/h4-12,21H,3,13-18H2,1-2H3. The maximum atomic E-state index is 12.9. The van der Waals surface area contributed by atoms with Crippen LogP contribution in [-0.4, -0.2) is 51.8 Å². The number of hydrogen-bond acceptors (Lipinski definition) is 5. The first-order chi connectivity index (χ1) is 15.6. The van der Waals surface area contributed by atoms with E-state index in [-0.39, 0.29) is 17.4 Å². The molecule has 2 aromatic carbocycles. The molecule has 4 rings (SSSR count). The summed E-state index contributed by atoms with van der Waals surface area (Å²) in [4.78, 5) is 27.7. The number of Topliss-reactive ketones (excluding diaryl/α,β-unsaturated/α-hetero) is 1. The van der Waals surface area contributed by atoms with Crippen LogP contribution in [0.25, 0.3) is 0 Å².